The van der Waals surface area contributed by atoms with E-state index in [-0.39, 0.29) is 16.3 Å². The smallest absolute Gasteiger partial charge is 0.240 e. The summed E-state index contributed by atoms with van der Waals surface area (Å²) in [6.45, 7) is 4.67. The number of hydrogen-bond acceptors (Lipinski definition) is 5. The normalized spacial score (nSPS) is 13.0. The zero-order valence-electron chi connectivity index (χ0n) is 19.4. The van der Waals surface area contributed by atoms with Crippen LogP contribution in [0, 0.1) is 13.8 Å². The summed E-state index contributed by atoms with van der Waals surface area (Å²) in [4.78, 5) is 0.424. The van der Waals surface area contributed by atoms with Crippen molar-refractivity contribution in [3.63, 3.8) is 0 Å². The lowest BCUT2D eigenvalue weighted by atomic mass is 10.1. The first-order valence-electron chi connectivity index (χ1n) is 11.1. The number of nitrogens with one attached hydrogen (secondary N) is 3. The van der Waals surface area contributed by atoms with Gasteiger partial charge in [-0.2, -0.15) is 0 Å². The molecule has 3 N–H and O–H groups in total. The lowest BCUT2D eigenvalue weighted by molar-refractivity contribution is 0.512. The number of benzene rings is 3. The van der Waals surface area contributed by atoms with Crippen molar-refractivity contribution in [3.05, 3.63) is 95.6 Å². The van der Waals surface area contributed by atoms with Gasteiger partial charge in [-0.05, 0) is 50.1 Å². The fourth-order valence-electron chi connectivity index (χ4n) is 3.41. The average molecular weight is 502 g/mol. The molecule has 0 amide bonds. The second-order valence-corrected chi connectivity index (χ2v) is 11.7. The first-order chi connectivity index (χ1) is 16.2. The van der Waals surface area contributed by atoms with E-state index in [0.717, 1.165) is 16.7 Å². The van der Waals surface area contributed by atoms with Crippen molar-refractivity contribution in [2.24, 2.45) is 0 Å². The Morgan fingerprint density at radius 3 is 1.76 bits per heavy atom. The predicted molar refractivity (Wildman–Crippen MR) is 135 cm³/mol. The SMILES string of the molecule is Cc1ccc(S(=O)(=O)NCCNCC(Cc2ccccc2)NS(=O)(=O)c2ccc(C)cc2)cc1. The Balaban J connectivity index is 1.59. The lowest BCUT2D eigenvalue weighted by Gasteiger charge is -2.20. The van der Waals surface area contributed by atoms with Crippen molar-refractivity contribution < 1.29 is 16.8 Å². The summed E-state index contributed by atoms with van der Waals surface area (Å²) in [5, 5.41) is 3.17. The van der Waals surface area contributed by atoms with E-state index < -0.39 is 26.1 Å². The molecule has 3 rings (SSSR count). The van der Waals surface area contributed by atoms with Crippen molar-refractivity contribution in [2.75, 3.05) is 19.6 Å². The highest BCUT2D eigenvalue weighted by Crippen LogP contribution is 2.12. The van der Waals surface area contributed by atoms with E-state index in [1.165, 1.54) is 0 Å². The Morgan fingerprint density at radius 1 is 0.676 bits per heavy atom. The molecule has 0 saturated heterocycles. The first kappa shape index (κ1) is 26.1. The van der Waals surface area contributed by atoms with Gasteiger partial charge in [0.25, 0.3) is 0 Å². The van der Waals surface area contributed by atoms with Gasteiger partial charge < -0.3 is 5.32 Å². The molecule has 1 unspecified atom stereocenters. The molecule has 0 heterocycles. The number of aryl methyl sites for hydroxylation is 2. The van der Waals surface area contributed by atoms with E-state index >= 15 is 0 Å². The summed E-state index contributed by atoms with van der Waals surface area (Å²) in [5.41, 5.74) is 2.97. The molecule has 0 bridgehead atoms. The van der Waals surface area contributed by atoms with E-state index in [1.54, 1.807) is 48.5 Å². The van der Waals surface area contributed by atoms with Crippen molar-refractivity contribution in [1.29, 1.82) is 0 Å². The van der Waals surface area contributed by atoms with Gasteiger partial charge in [0.15, 0.2) is 0 Å². The van der Waals surface area contributed by atoms with Crippen LogP contribution < -0.4 is 14.8 Å². The van der Waals surface area contributed by atoms with Crippen LogP contribution in [0.1, 0.15) is 16.7 Å². The Morgan fingerprint density at radius 2 is 1.21 bits per heavy atom. The van der Waals surface area contributed by atoms with Crippen molar-refractivity contribution in [1.82, 2.24) is 14.8 Å². The Bertz CT molecular complexity index is 1260. The van der Waals surface area contributed by atoms with Crippen molar-refractivity contribution in [3.8, 4) is 0 Å². The van der Waals surface area contributed by atoms with Gasteiger partial charge in [0.1, 0.15) is 0 Å². The highest BCUT2D eigenvalue weighted by Gasteiger charge is 2.20. The molecule has 0 aliphatic rings. The second kappa shape index (κ2) is 11.7. The fourth-order valence-corrected chi connectivity index (χ4v) is 5.68. The Labute approximate surface area is 202 Å². The Hall–Kier alpha value is -2.56. The minimum absolute atomic E-state index is 0.180. The third kappa shape index (κ3) is 7.75. The summed E-state index contributed by atoms with van der Waals surface area (Å²) in [6.07, 6.45) is 0.494. The standard InChI is InChI=1S/C25H31N3O4S2/c1-20-8-12-24(13-9-20)33(29,30)27-17-16-26-19-23(18-22-6-4-3-5-7-22)28-34(31,32)25-14-10-21(2)11-15-25/h3-15,23,26-28H,16-19H2,1-2H3. The topological polar surface area (TPSA) is 104 Å². The van der Waals surface area contributed by atoms with Crippen LogP contribution in [0.2, 0.25) is 0 Å². The monoisotopic (exact) mass is 501 g/mol. The highest BCUT2D eigenvalue weighted by molar-refractivity contribution is 7.89. The molecule has 0 aliphatic heterocycles. The molecule has 1 atom stereocenters. The number of sulfonamides is 2. The zero-order chi connectivity index (χ0) is 24.6. The summed E-state index contributed by atoms with van der Waals surface area (Å²) >= 11 is 0. The molecule has 0 fully saturated rings. The van der Waals surface area contributed by atoms with Gasteiger partial charge in [0.05, 0.1) is 9.79 Å². The van der Waals surface area contributed by atoms with Gasteiger partial charge in [-0.3, -0.25) is 0 Å². The van der Waals surface area contributed by atoms with Crippen LogP contribution >= 0.6 is 0 Å². The van der Waals surface area contributed by atoms with Crippen molar-refractivity contribution in [2.45, 2.75) is 36.1 Å². The number of rotatable bonds is 12. The van der Waals surface area contributed by atoms with Gasteiger partial charge in [-0.25, -0.2) is 26.3 Å². The van der Waals surface area contributed by atoms with Gasteiger partial charge in [0.2, 0.25) is 20.0 Å². The van der Waals surface area contributed by atoms with Crippen molar-refractivity contribution >= 4 is 20.0 Å². The van der Waals surface area contributed by atoms with Crippen LogP contribution in [0.3, 0.4) is 0 Å². The van der Waals surface area contributed by atoms with E-state index in [0.29, 0.717) is 19.5 Å². The third-order valence-corrected chi connectivity index (χ3v) is 8.31. The average Bonchev–Trinajstić information content (AvgIpc) is 2.80. The molecule has 182 valence electrons. The molecule has 0 aliphatic carbocycles. The summed E-state index contributed by atoms with van der Waals surface area (Å²) in [5.74, 6) is 0. The number of hydrogen-bond donors (Lipinski definition) is 3. The molecule has 0 saturated carbocycles. The molecule has 3 aromatic carbocycles. The maximum atomic E-state index is 12.9. The van der Waals surface area contributed by atoms with E-state index in [2.05, 4.69) is 14.8 Å². The summed E-state index contributed by atoms with van der Waals surface area (Å²) < 4.78 is 56.0. The molecule has 34 heavy (non-hydrogen) atoms. The van der Waals surface area contributed by atoms with Crippen LogP contribution in [0.4, 0.5) is 0 Å². The second-order valence-electron chi connectivity index (χ2n) is 8.24. The maximum Gasteiger partial charge on any atom is 0.240 e. The van der Waals surface area contributed by atoms with Crippen LogP contribution in [0.5, 0.6) is 0 Å². The van der Waals surface area contributed by atoms with E-state index in [1.807, 2.05) is 44.2 Å². The largest absolute Gasteiger partial charge is 0.314 e. The molecular formula is C25H31N3O4S2. The van der Waals surface area contributed by atoms with Gasteiger partial charge in [0, 0.05) is 25.7 Å². The predicted octanol–water partition coefficient (Wildman–Crippen LogP) is 2.76. The maximum absolute atomic E-state index is 12.9. The quantitative estimate of drug-likeness (QED) is 0.331. The molecule has 7 nitrogen and oxygen atoms in total. The van der Waals surface area contributed by atoms with Crippen LogP contribution in [0.25, 0.3) is 0 Å². The molecular weight excluding hydrogens is 470 g/mol. The van der Waals surface area contributed by atoms with Gasteiger partial charge >= 0.3 is 0 Å². The Kier molecular flexibility index (Phi) is 8.98. The minimum atomic E-state index is -3.70. The molecule has 0 radical (unpaired) electrons. The van der Waals surface area contributed by atoms with Gasteiger partial charge in [-0.15, -0.1) is 0 Å². The minimum Gasteiger partial charge on any atom is -0.314 e. The van der Waals surface area contributed by atoms with Crippen LogP contribution in [0.15, 0.2) is 88.7 Å². The zero-order valence-corrected chi connectivity index (χ0v) is 21.0. The lowest BCUT2D eigenvalue weighted by Crippen LogP contribution is -2.44. The third-order valence-electron chi connectivity index (χ3n) is 5.29. The van der Waals surface area contributed by atoms with Crippen LogP contribution in [-0.4, -0.2) is 42.5 Å². The molecule has 0 aromatic heterocycles. The van der Waals surface area contributed by atoms with E-state index in [9.17, 15) is 16.8 Å². The summed E-state index contributed by atoms with van der Waals surface area (Å²) in [7, 11) is -7.30. The molecule has 9 heteroatoms. The van der Waals surface area contributed by atoms with Gasteiger partial charge in [-0.1, -0.05) is 65.7 Å². The first-order valence-corrected chi connectivity index (χ1v) is 14.0. The summed E-state index contributed by atoms with van der Waals surface area (Å²) in [6, 6.07) is 22.6. The van der Waals surface area contributed by atoms with E-state index in [4.69, 9.17) is 0 Å². The highest BCUT2D eigenvalue weighted by atomic mass is 32.2. The fraction of sp³-hybridized carbons (Fsp3) is 0.280. The molecule has 3 aromatic rings. The van der Waals surface area contributed by atoms with Crippen LogP contribution in [-0.2, 0) is 26.5 Å². The molecule has 0 spiro atoms.